The summed E-state index contributed by atoms with van der Waals surface area (Å²) >= 11 is 0. The van der Waals surface area contributed by atoms with Crippen molar-refractivity contribution in [2.24, 2.45) is 0 Å². The zero-order valence-electron chi connectivity index (χ0n) is 30.7. The molecule has 1 aliphatic heterocycles. The number of halogens is 1. The number of ether oxygens (including phenoxy) is 4. The number of carbonyl (C=O) groups is 1. The van der Waals surface area contributed by atoms with Crippen molar-refractivity contribution in [3.05, 3.63) is 36.3 Å². The maximum absolute atomic E-state index is 15.0. The van der Waals surface area contributed by atoms with Gasteiger partial charge in [-0.3, -0.25) is 23.3 Å². The second-order valence-corrected chi connectivity index (χ2v) is 14.3. The van der Waals surface area contributed by atoms with Gasteiger partial charge in [-0.1, -0.05) is 0 Å². The third kappa shape index (κ3) is 8.81. The number of anilines is 5. The van der Waals surface area contributed by atoms with E-state index in [0.29, 0.717) is 27.8 Å². The number of aromatic nitrogens is 3. The summed E-state index contributed by atoms with van der Waals surface area (Å²) in [5, 5.41) is 5.67. The molecule has 262 valence electrons. The van der Waals surface area contributed by atoms with Crippen molar-refractivity contribution in [3.63, 3.8) is 0 Å². The van der Waals surface area contributed by atoms with Crippen LogP contribution in [0.15, 0.2) is 30.5 Å². The molecule has 2 N–H and O–H groups in total. The molecular weight excluding hydrogens is 650 g/mol. The van der Waals surface area contributed by atoms with Crippen LogP contribution in [0.1, 0.15) is 58.1 Å². The van der Waals surface area contributed by atoms with Crippen LogP contribution in [0.25, 0.3) is 0 Å². The summed E-state index contributed by atoms with van der Waals surface area (Å²) in [5.74, 6) is -1.53. The molecule has 0 fully saturated rings. The summed E-state index contributed by atoms with van der Waals surface area (Å²) < 4.78 is 85.2. The van der Waals surface area contributed by atoms with Crippen LogP contribution in [0, 0.1) is 5.82 Å². The largest absolute Gasteiger partial charge is 0.493 e. The van der Waals surface area contributed by atoms with Crippen LogP contribution in [0.5, 0.6) is 23.0 Å². The second kappa shape index (κ2) is 13.7. The first-order valence-electron chi connectivity index (χ1n) is 15.6. The highest BCUT2D eigenvalue weighted by Gasteiger charge is 2.44. The standard InChI is InChI=1S/C31H42FN6O9P/c1-29(2,3)46-48(40,47-30(4,5)6)44-17-38-26-20(45-31(7,8)27(38)39)12-13-23(36-26)35-25-19(32)16-33-28(37-25)34-18-14-21(41-9)24(43-11)22(15-18)42-10/h12-16H,17H2,1-11H3,(H2,33,34,35,36,37)/i17D2. The lowest BCUT2D eigenvalue weighted by Gasteiger charge is -2.38. The third-order valence-electron chi connectivity index (χ3n) is 6.06. The van der Waals surface area contributed by atoms with E-state index < -0.39 is 43.0 Å². The summed E-state index contributed by atoms with van der Waals surface area (Å²) in [6.45, 7) is 9.18. The highest BCUT2D eigenvalue weighted by molar-refractivity contribution is 7.48. The monoisotopic (exact) mass is 694 g/mol. The van der Waals surface area contributed by atoms with E-state index in [2.05, 4.69) is 25.6 Å². The Bertz CT molecular complexity index is 1760. The highest BCUT2D eigenvalue weighted by atomic mass is 31.2. The molecule has 1 aromatic carbocycles. The van der Waals surface area contributed by atoms with Gasteiger partial charge in [0.05, 0.1) is 41.5 Å². The van der Waals surface area contributed by atoms with Gasteiger partial charge >= 0.3 is 7.82 Å². The van der Waals surface area contributed by atoms with Crippen molar-refractivity contribution in [2.45, 2.75) is 72.2 Å². The number of nitrogens with one attached hydrogen (secondary N) is 2. The predicted molar refractivity (Wildman–Crippen MR) is 176 cm³/mol. The van der Waals surface area contributed by atoms with Crippen LogP contribution in [-0.4, -0.2) is 65.7 Å². The number of phosphoric ester groups is 1. The Morgan fingerprint density at radius 3 is 2.12 bits per heavy atom. The Hall–Kier alpha value is -4.24. The highest BCUT2D eigenvalue weighted by Crippen LogP contribution is 2.56. The fourth-order valence-corrected chi connectivity index (χ4v) is 5.89. The van der Waals surface area contributed by atoms with Crippen molar-refractivity contribution >= 4 is 42.8 Å². The Morgan fingerprint density at radius 2 is 1.58 bits per heavy atom. The minimum atomic E-state index is -4.70. The quantitative estimate of drug-likeness (QED) is 0.191. The minimum Gasteiger partial charge on any atom is -0.493 e. The van der Waals surface area contributed by atoms with Crippen molar-refractivity contribution in [1.29, 1.82) is 0 Å². The average molecular weight is 695 g/mol. The van der Waals surface area contributed by atoms with Gasteiger partial charge in [-0.05, 0) is 67.5 Å². The number of benzene rings is 1. The van der Waals surface area contributed by atoms with E-state index in [9.17, 15) is 9.36 Å². The molecule has 0 radical (unpaired) electrons. The number of pyridine rings is 1. The molecule has 0 saturated carbocycles. The zero-order chi connectivity index (χ0) is 37.4. The van der Waals surface area contributed by atoms with Gasteiger partial charge in [0.25, 0.3) is 5.91 Å². The Morgan fingerprint density at radius 1 is 0.979 bits per heavy atom. The fraction of sp³-hybridized carbons (Fsp3) is 0.484. The molecule has 0 spiro atoms. The van der Waals surface area contributed by atoms with E-state index in [1.807, 2.05) is 0 Å². The van der Waals surface area contributed by atoms with Gasteiger partial charge in [-0.15, -0.1) is 0 Å². The number of carbonyl (C=O) groups excluding carboxylic acids is 1. The number of hydrogen-bond donors (Lipinski definition) is 2. The molecule has 4 rings (SSSR count). The normalized spacial score (nSPS) is 15.5. The molecule has 0 saturated heterocycles. The van der Waals surface area contributed by atoms with Gasteiger partial charge < -0.3 is 29.6 Å². The van der Waals surface area contributed by atoms with E-state index in [-0.39, 0.29) is 29.2 Å². The topological polar surface area (TPSA) is 165 Å². The first-order valence-corrected chi connectivity index (χ1v) is 16.1. The molecule has 0 unspecified atom stereocenters. The fourth-order valence-electron chi connectivity index (χ4n) is 4.25. The van der Waals surface area contributed by atoms with Crippen molar-refractivity contribution in [2.75, 3.05) is 43.5 Å². The minimum absolute atomic E-state index is 0.0242. The number of hydrogen-bond acceptors (Lipinski definition) is 14. The average Bonchev–Trinajstić information content (AvgIpc) is 2.96. The number of nitrogens with zero attached hydrogens (tertiary/aromatic N) is 4. The van der Waals surface area contributed by atoms with Crippen LogP contribution in [0.2, 0.25) is 0 Å². The molecule has 3 heterocycles. The van der Waals surface area contributed by atoms with E-state index in [1.165, 1.54) is 47.3 Å². The number of fused-ring (bicyclic) bond motifs is 1. The van der Waals surface area contributed by atoms with Crippen LogP contribution in [0.3, 0.4) is 0 Å². The van der Waals surface area contributed by atoms with E-state index in [4.69, 9.17) is 35.3 Å². The van der Waals surface area contributed by atoms with E-state index >= 15 is 4.39 Å². The smallest absolute Gasteiger partial charge is 0.477 e. The van der Waals surface area contributed by atoms with Crippen molar-refractivity contribution < 1.29 is 49.0 Å². The van der Waals surface area contributed by atoms with Crippen LogP contribution < -0.4 is 34.5 Å². The molecule has 15 nitrogen and oxygen atoms in total. The zero-order valence-corrected chi connectivity index (χ0v) is 29.6. The third-order valence-corrected chi connectivity index (χ3v) is 7.91. The summed E-state index contributed by atoms with van der Waals surface area (Å²) in [4.78, 5) is 26.8. The van der Waals surface area contributed by atoms with Gasteiger partial charge in [-0.2, -0.15) is 4.98 Å². The molecule has 1 amide bonds. The van der Waals surface area contributed by atoms with Crippen LogP contribution >= 0.6 is 7.82 Å². The molecule has 1 aliphatic rings. The summed E-state index contributed by atoms with van der Waals surface area (Å²) in [5.41, 5.74) is -3.37. The van der Waals surface area contributed by atoms with E-state index in [0.717, 1.165) is 6.20 Å². The predicted octanol–water partition coefficient (Wildman–Crippen LogP) is 6.74. The van der Waals surface area contributed by atoms with Crippen molar-refractivity contribution in [1.82, 2.24) is 15.0 Å². The van der Waals surface area contributed by atoms with Gasteiger partial charge in [0, 0.05) is 17.8 Å². The Kier molecular flexibility index (Phi) is 9.61. The van der Waals surface area contributed by atoms with Gasteiger partial charge in [0.1, 0.15) is 12.5 Å². The molecule has 48 heavy (non-hydrogen) atoms. The Balaban J connectivity index is 1.71. The molecule has 0 atom stereocenters. The van der Waals surface area contributed by atoms with Gasteiger partial charge in [0.15, 0.2) is 40.3 Å². The van der Waals surface area contributed by atoms with Gasteiger partial charge in [-0.25, -0.2) is 18.9 Å². The number of phosphoric acid groups is 1. The summed E-state index contributed by atoms with van der Waals surface area (Å²) in [6, 6.07) is 6.01. The molecule has 0 bridgehead atoms. The van der Waals surface area contributed by atoms with Gasteiger partial charge in [0.2, 0.25) is 11.7 Å². The molecular formula is C31H42FN6O9P. The van der Waals surface area contributed by atoms with Crippen LogP contribution in [-0.2, 0) is 22.9 Å². The van der Waals surface area contributed by atoms with Crippen molar-refractivity contribution in [3.8, 4) is 23.0 Å². The lowest BCUT2D eigenvalue weighted by atomic mass is 10.1. The maximum atomic E-state index is 15.0. The number of rotatable bonds is 12. The first kappa shape index (κ1) is 33.7. The molecule has 3 aromatic rings. The maximum Gasteiger partial charge on any atom is 0.477 e. The van der Waals surface area contributed by atoms with Crippen LogP contribution in [0.4, 0.5) is 33.5 Å². The molecule has 0 aliphatic carbocycles. The summed E-state index contributed by atoms with van der Waals surface area (Å²) in [6.07, 6.45) is 0.921. The number of amides is 1. The molecule has 2 aromatic heterocycles. The SMILES string of the molecule is [2H]C([2H])(OP(=O)(OC(C)(C)C)OC(C)(C)C)N1C(=O)C(C)(C)Oc2ccc(Nc3nc(Nc4cc(OC)c(OC)c(OC)c4)ncc3F)nc21. The van der Waals surface area contributed by atoms with E-state index in [1.54, 1.807) is 53.7 Å². The Labute approximate surface area is 281 Å². The lowest BCUT2D eigenvalue weighted by Crippen LogP contribution is -2.53. The summed E-state index contributed by atoms with van der Waals surface area (Å²) in [7, 11) is -0.322. The molecule has 17 heteroatoms. The first-order chi connectivity index (χ1) is 23.0. The second-order valence-electron chi connectivity index (χ2n) is 12.9. The lowest BCUT2D eigenvalue weighted by molar-refractivity contribution is -0.133. The number of methoxy groups -OCH3 is 3.